The van der Waals surface area contributed by atoms with Crippen LogP contribution in [0.2, 0.25) is 18.1 Å². The van der Waals surface area contributed by atoms with Crippen molar-refractivity contribution in [2.45, 2.75) is 71.3 Å². The lowest BCUT2D eigenvalue weighted by molar-refractivity contribution is -0.145. The summed E-state index contributed by atoms with van der Waals surface area (Å²) in [5.41, 5.74) is 0. The molecule has 7 nitrogen and oxygen atoms in total. The second-order valence-electron chi connectivity index (χ2n) is 8.40. The lowest BCUT2D eigenvalue weighted by atomic mass is 9.77. The van der Waals surface area contributed by atoms with Gasteiger partial charge < -0.3 is 19.3 Å². The Labute approximate surface area is 160 Å². The first kappa shape index (κ1) is 23.3. The number of nitrogens with one attached hydrogen (secondary N) is 2. The molecule has 0 spiro atoms. The van der Waals surface area contributed by atoms with Crippen molar-refractivity contribution in [3.8, 4) is 0 Å². The van der Waals surface area contributed by atoms with Gasteiger partial charge in [-0.15, -0.1) is 0 Å². The maximum absolute atomic E-state index is 12.4. The number of amides is 1. The van der Waals surface area contributed by atoms with Gasteiger partial charge in [0, 0.05) is 5.92 Å². The number of hydrogen-bond acceptors (Lipinski definition) is 6. The molecule has 0 radical (unpaired) electrons. The number of carbonyl (C=O) groups is 3. The molecule has 1 fully saturated rings. The third-order valence-electron chi connectivity index (χ3n) is 5.42. The van der Waals surface area contributed by atoms with Gasteiger partial charge in [-0.1, -0.05) is 27.7 Å². The predicted octanol–water partition coefficient (Wildman–Crippen LogP) is 1.30. The van der Waals surface area contributed by atoms with Gasteiger partial charge in [-0.2, -0.15) is 0 Å². The van der Waals surface area contributed by atoms with Gasteiger partial charge in [0.1, 0.15) is 21.2 Å². The van der Waals surface area contributed by atoms with Gasteiger partial charge in [0.25, 0.3) is 0 Å². The average molecular weight is 402 g/mol. The summed E-state index contributed by atoms with van der Waals surface area (Å²) in [7, 11) is -0.524. The first-order valence-corrected chi connectivity index (χ1v) is 12.8. The van der Waals surface area contributed by atoms with E-state index in [9.17, 15) is 14.4 Å². The molecule has 10 heteroatoms. The van der Waals surface area contributed by atoms with Crippen LogP contribution in [-0.2, 0) is 23.3 Å². The molecule has 5 unspecified atom stereocenters. The molecular weight excluding hydrogens is 370 g/mol. The van der Waals surface area contributed by atoms with E-state index in [-0.39, 0.29) is 50.2 Å². The van der Waals surface area contributed by atoms with Gasteiger partial charge in [0.15, 0.2) is 16.3 Å². The SMILES string of the molecule is BNPOC(=O)CC(=O)C(C)C1NC(=O)C1C(C)O[Si](C)(C)C(C)(C)C. The predicted molar refractivity (Wildman–Crippen MR) is 108 cm³/mol. The Balaban J connectivity index is 2.72. The molecule has 1 aliphatic heterocycles. The zero-order valence-electron chi connectivity index (χ0n) is 17.1. The molecule has 0 saturated carbocycles. The third kappa shape index (κ3) is 5.62. The number of rotatable bonds is 9. The van der Waals surface area contributed by atoms with Crippen LogP contribution in [0.5, 0.6) is 0 Å². The Hall–Kier alpha value is -0.758. The van der Waals surface area contributed by atoms with Gasteiger partial charge in [-0.25, -0.2) is 0 Å². The Morgan fingerprint density at radius 2 is 1.92 bits per heavy atom. The van der Waals surface area contributed by atoms with Crippen molar-refractivity contribution in [3.05, 3.63) is 0 Å². The molecule has 0 aromatic heterocycles. The molecule has 1 heterocycles. The summed E-state index contributed by atoms with van der Waals surface area (Å²) in [6.07, 6.45) is -0.561. The Morgan fingerprint density at radius 1 is 1.35 bits per heavy atom. The van der Waals surface area contributed by atoms with Crippen LogP contribution in [0.3, 0.4) is 0 Å². The van der Waals surface area contributed by atoms with Gasteiger partial charge >= 0.3 is 5.97 Å². The summed E-state index contributed by atoms with van der Waals surface area (Å²) in [4.78, 5) is 38.8. The van der Waals surface area contributed by atoms with E-state index in [4.69, 9.17) is 8.95 Å². The van der Waals surface area contributed by atoms with Crippen LogP contribution in [-0.4, -0.2) is 46.1 Å². The average Bonchev–Trinajstić information content (AvgIpc) is 2.47. The van der Waals surface area contributed by atoms with E-state index in [2.05, 4.69) is 44.2 Å². The second-order valence-corrected chi connectivity index (χ2v) is 14.1. The highest BCUT2D eigenvalue weighted by Gasteiger charge is 2.50. The molecule has 0 aliphatic carbocycles. The first-order valence-electron chi connectivity index (χ1n) is 8.94. The van der Waals surface area contributed by atoms with Crippen molar-refractivity contribution >= 4 is 42.9 Å². The Bertz CT molecular complexity index is 555. The summed E-state index contributed by atoms with van der Waals surface area (Å²) < 4.78 is 11.2. The molecule has 0 aromatic rings. The maximum Gasteiger partial charge on any atom is 0.316 e. The number of carbonyl (C=O) groups excluding carboxylic acids is 3. The van der Waals surface area contributed by atoms with Crippen molar-refractivity contribution in [1.82, 2.24) is 10.3 Å². The Morgan fingerprint density at radius 3 is 2.38 bits per heavy atom. The minimum atomic E-state index is -2.02. The van der Waals surface area contributed by atoms with Crippen LogP contribution in [0.15, 0.2) is 0 Å². The van der Waals surface area contributed by atoms with E-state index in [1.807, 2.05) is 6.92 Å². The van der Waals surface area contributed by atoms with Crippen molar-refractivity contribution < 1.29 is 23.3 Å². The summed E-state index contributed by atoms with van der Waals surface area (Å²) >= 11 is 0. The molecule has 5 atom stereocenters. The van der Waals surface area contributed by atoms with E-state index in [0.29, 0.717) is 0 Å². The van der Waals surface area contributed by atoms with E-state index >= 15 is 0 Å². The smallest absolute Gasteiger partial charge is 0.316 e. The molecule has 1 aliphatic rings. The molecule has 1 amide bonds. The van der Waals surface area contributed by atoms with E-state index in [0.717, 1.165) is 0 Å². The molecule has 2 N–H and O–H groups in total. The zero-order chi connectivity index (χ0) is 20.3. The monoisotopic (exact) mass is 402 g/mol. The molecule has 26 heavy (non-hydrogen) atoms. The zero-order valence-corrected chi connectivity index (χ0v) is 19.1. The van der Waals surface area contributed by atoms with Crippen molar-refractivity contribution in [1.29, 1.82) is 0 Å². The minimum Gasteiger partial charge on any atom is -0.432 e. The van der Waals surface area contributed by atoms with Crippen LogP contribution in [0, 0.1) is 11.8 Å². The fraction of sp³-hybridized carbons (Fsp3) is 0.812. The van der Waals surface area contributed by atoms with Crippen LogP contribution in [0.1, 0.15) is 41.0 Å². The van der Waals surface area contributed by atoms with Crippen LogP contribution in [0.25, 0.3) is 0 Å². The topological polar surface area (TPSA) is 93.7 Å². The molecule has 0 bridgehead atoms. The van der Waals surface area contributed by atoms with Crippen molar-refractivity contribution in [2.24, 2.45) is 11.8 Å². The second kappa shape index (κ2) is 8.95. The number of hydrogen-bond donors (Lipinski definition) is 2. The fourth-order valence-electron chi connectivity index (χ4n) is 2.72. The maximum atomic E-state index is 12.4. The highest BCUT2D eigenvalue weighted by Crippen LogP contribution is 2.39. The van der Waals surface area contributed by atoms with Gasteiger partial charge in [-0.3, -0.25) is 14.4 Å². The van der Waals surface area contributed by atoms with Gasteiger partial charge in [-0.05, 0) is 25.1 Å². The number of β-lactam (4-membered cyclic amide) rings is 1. The molecule has 1 rings (SSSR count). The Kier molecular flexibility index (Phi) is 8.02. The third-order valence-corrected chi connectivity index (χ3v) is 10.5. The summed E-state index contributed by atoms with van der Waals surface area (Å²) in [6.45, 7) is 14.4. The standard InChI is InChI=1S/C16H32BN2O5PSi/c1-9(11(20)8-12(21)23-25-19-17)14-13(15(22)18-14)10(2)24-26(6,7)16(3,4)5/h9-10,13-14,19,25H,8,17H2,1-7H3,(H,18,22). The van der Waals surface area contributed by atoms with Crippen molar-refractivity contribution in [2.75, 3.05) is 0 Å². The fourth-order valence-corrected chi connectivity index (χ4v) is 4.44. The van der Waals surface area contributed by atoms with Crippen LogP contribution in [0.4, 0.5) is 0 Å². The highest BCUT2D eigenvalue weighted by atomic mass is 31.1. The van der Waals surface area contributed by atoms with Gasteiger partial charge in [0.05, 0.1) is 18.1 Å². The van der Waals surface area contributed by atoms with E-state index < -0.39 is 20.2 Å². The highest BCUT2D eigenvalue weighted by molar-refractivity contribution is 7.32. The quantitative estimate of drug-likeness (QED) is 0.261. The number of ketones is 1. The van der Waals surface area contributed by atoms with Crippen LogP contribution < -0.4 is 10.3 Å². The molecule has 148 valence electrons. The molecule has 1 saturated heterocycles. The van der Waals surface area contributed by atoms with E-state index in [1.165, 1.54) is 0 Å². The summed E-state index contributed by atoms with van der Waals surface area (Å²) in [5, 5.41) is 2.85. The van der Waals surface area contributed by atoms with Crippen LogP contribution >= 0.6 is 8.96 Å². The molecular formula is C16H32BN2O5PSi. The largest absolute Gasteiger partial charge is 0.432 e. The summed E-state index contributed by atoms with van der Waals surface area (Å²) in [6, 6.07) is -0.311. The number of Topliss-reactive ketones (excluding diaryl/α,β-unsaturated/α-hetero) is 1. The summed E-state index contributed by atoms with van der Waals surface area (Å²) in [5.74, 6) is -1.72. The normalized spacial score (nSPS) is 23.3. The lowest BCUT2D eigenvalue weighted by Gasteiger charge is -2.46. The molecule has 0 aromatic carbocycles. The first-order chi connectivity index (χ1) is 11.8. The van der Waals surface area contributed by atoms with E-state index in [1.54, 1.807) is 14.9 Å². The van der Waals surface area contributed by atoms with Gasteiger partial charge in [0.2, 0.25) is 5.91 Å². The lowest BCUT2D eigenvalue weighted by Crippen LogP contribution is -2.66. The minimum absolute atomic E-state index is 0.0380. The van der Waals surface area contributed by atoms with Crippen molar-refractivity contribution in [3.63, 3.8) is 0 Å².